The van der Waals surface area contributed by atoms with Gasteiger partial charge in [0.2, 0.25) is 5.82 Å². The minimum atomic E-state index is -2.56. The van der Waals surface area contributed by atoms with Crippen LogP contribution in [0.25, 0.3) is 34.0 Å². The van der Waals surface area contributed by atoms with Crippen LogP contribution in [0.5, 0.6) is 0 Å². The molecule has 4 rings (SSSR count). The van der Waals surface area contributed by atoms with Crippen molar-refractivity contribution in [2.24, 2.45) is 0 Å². The maximum Gasteiger partial charge on any atom is 0.317 e. The zero-order valence-electron chi connectivity index (χ0n) is 18.7. The van der Waals surface area contributed by atoms with Crippen molar-refractivity contribution in [3.8, 4) is 34.0 Å². The van der Waals surface area contributed by atoms with Crippen molar-refractivity contribution in [1.29, 1.82) is 0 Å². The van der Waals surface area contributed by atoms with Crippen molar-refractivity contribution in [2.45, 2.75) is 19.9 Å². The van der Waals surface area contributed by atoms with E-state index in [2.05, 4.69) is 10.1 Å². The Morgan fingerprint density at radius 3 is 2.41 bits per heavy atom. The highest BCUT2D eigenvalue weighted by Gasteiger charge is 2.17. The molecule has 0 fully saturated rings. The number of rotatable bonds is 8. The number of benzene rings is 3. The zero-order valence-corrected chi connectivity index (χ0v) is 18.7. The molecule has 0 bridgehead atoms. The summed E-state index contributed by atoms with van der Waals surface area (Å²) in [6.45, 7) is 2.32. The summed E-state index contributed by atoms with van der Waals surface area (Å²) in [5.41, 5.74) is 4.47. The van der Waals surface area contributed by atoms with Crippen LogP contribution in [0.1, 0.15) is 23.1 Å². The van der Waals surface area contributed by atoms with E-state index in [1.165, 1.54) is 6.07 Å². The average Bonchev–Trinajstić information content (AvgIpc) is 3.29. The number of likely N-dealkylation sites (N-methyl/N-ethyl adjacent to an activating group) is 1. The third-order valence-corrected chi connectivity index (χ3v) is 5.46. The quantitative estimate of drug-likeness (QED) is 0.354. The van der Waals surface area contributed by atoms with Crippen molar-refractivity contribution < 1.29 is 23.2 Å². The molecule has 0 aliphatic rings. The molecule has 0 saturated carbocycles. The second kappa shape index (κ2) is 9.93. The number of halogens is 2. The van der Waals surface area contributed by atoms with Gasteiger partial charge in [0.05, 0.1) is 6.54 Å². The number of nitrogens with zero attached hydrogens (tertiary/aromatic N) is 3. The molecule has 174 valence electrons. The molecule has 0 spiro atoms. The van der Waals surface area contributed by atoms with Crippen LogP contribution in [-0.4, -0.2) is 39.7 Å². The minimum Gasteiger partial charge on any atom is -0.480 e. The number of carboxylic acids is 1. The highest BCUT2D eigenvalue weighted by molar-refractivity contribution is 5.74. The Morgan fingerprint density at radius 1 is 1.03 bits per heavy atom. The fourth-order valence-corrected chi connectivity index (χ4v) is 3.85. The van der Waals surface area contributed by atoms with Gasteiger partial charge in [0.15, 0.2) is 0 Å². The zero-order chi connectivity index (χ0) is 24.2. The maximum absolute atomic E-state index is 13.4. The van der Waals surface area contributed by atoms with Gasteiger partial charge in [0, 0.05) is 23.2 Å². The number of carboxylic acid groups (broad SMARTS) is 1. The summed E-state index contributed by atoms with van der Waals surface area (Å²) in [4.78, 5) is 17.0. The molecule has 6 nitrogen and oxygen atoms in total. The van der Waals surface area contributed by atoms with Gasteiger partial charge in [-0.25, -0.2) is 8.78 Å². The first-order chi connectivity index (χ1) is 16.3. The molecule has 0 amide bonds. The molecule has 0 aliphatic carbocycles. The lowest BCUT2D eigenvalue weighted by molar-refractivity contribution is -0.138. The Balaban J connectivity index is 1.54. The lowest BCUT2D eigenvalue weighted by Gasteiger charge is -2.13. The van der Waals surface area contributed by atoms with Crippen LogP contribution in [0.15, 0.2) is 71.3 Å². The average molecular weight is 463 g/mol. The first-order valence-corrected chi connectivity index (χ1v) is 10.6. The van der Waals surface area contributed by atoms with E-state index < -0.39 is 12.4 Å². The summed E-state index contributed by atoms with van der Waals surface area (Å²) < 4.78 is 32.3. The molecular weight excluding hydrogens is 440 g/mol. The van der Waals surface area contributed by atoms with Crippen molar-refractivity contribution in [2.75, 3.05) is 13.6 Å². The maximum atomic E-state index is 13.4. The fraction of sp³-hybridized carbons (Fsp3) is 0.192. The number of hydrogen-bond acceptors (Lipinski definition) is 5. The Kier molecular flexibility index (Phi) is 6.79. The summed E-state index contributed by atoms with van der Waals surface area (Å²) in [6, 6.07) is 19.4. The van der Waals surface area contributed by atoms with E-state index in [0.29, 0.717) is 29.4 Å². The van der Waals surface area contributed by atoms with Gasteiger partial charge < -0.3 is 9.63 Å². The lowest BCUT2D eigenvalue weighted by Crippen LogP contribution is -2.25. The van der Waals surface area contributed by atoms with Gasteiger partial charge in [-0.3, -0.25) is 9.69 Å². The standard InChI is InChI=1S/C26H23F2N3O3/c1-16-13-19(11-12-20(16)21-5-3-4-6-22(21)24(27)28)26-29-25(30-34-26)18-9-7-17(8-10-18)14-31(2)15-23(32)33/h3-13,24H,14-15H2,1-2H3,(H,32,33). The largest absolute Gasteiger partial charge is 0.480 e. The number of hydrogen-bond donors (Lipinski definition) is 1. The number of aliphatic carboxylic acids is 1. The fourth-order valence-electron chi connectivity index (χ4n) is 3.85. The molecule has 0 atom stereocenters. The lowest BCUT2D eigenvalue weighted by atomic mass is 9.94. The van der Waals surface area contributed by atoms with Crippen LogP contribution in [0, 0.1) is 6.92 Å². The van der Waals surface area contributed by atoms with Crippen molar-refractivity contribution in [1.82, 2.24) is 15.0 Å². The molecule has 8 heteroatoms. The molecule has 34 heavy (non-hydrogen) atoms. The normalized spacial score (nSPS) is 11.4. The molecule has 3 aromatic carbocycles. The highest BCUT2D eigenvalue weighted by Crippen LogP contribution is 2.34. The van der Waals surface area contributed by atoms with Crippen LogP contribution >= 0.6 is 0 Å². The van der Waals surface area contributed by atoms with E-state index in [-0.39, 0.29) is 12.1 Å². The molecule has 0 saturated heterocycles. The van der Waals surface area contributed by atoms with Gasteiger partial charge in [-0.15, -0.1) is 0 Å². The van der Waals surface area contributed by atoms with Gasteiger partial charge in [-0.2, -0.15) is 4.98 Å². The first-order valence-electron chi connectivity index (χ1n) is 10.6. The third kappa shape index (κ3) is 5.18. The molecule has 1 aromatic heterocycles. The van der Waals surface area contributed by atoms with E-state index in [9.17, 15) is 13.6 Å². The second-order valence-corrected chi connectivity index (χ2v) is 8.10. The summed E-state index contributed by atoms with van der Waals surface area (Å²) >= 11 is 0. The summed E-state index contributed by atoms with van der Waals surface area (Å²) in [7, 11) is 1.74. The van der Waals surface area contributed by atoms with Crippen molar-refractivity contribution in [3.63, 3.8) is 0 Å². The Labute approximate surface area is 195 Å². The number of aromatic nitrogens is 2. The predicted octanol–water partition coefficient (Wildman–Crippen LogP) is 5.83. The van der Waals surface area contributed by atoms with E-state index in [4.69, 9.17) is 9.63 Å². The molecule has 0 unspecified atom stereocenters. The van der Waals surface area contributed by atoms with Gasteiger partial charge in [-0.1, -0.05) is 59.8 Å². The van der Waals surface area contributed by atoms with E-state index >= 15 is 0 Å². The van der Waals surface area contributed by atoms with Gasteiger partial charge in [0.1, 0.15) is 0 Å². The minimum absolute atomic E-state index is 0.00368. The van der Waals surface area contributed by atoms with Gasteiger partial charge in [-0.05, 0) is 48.4 Å². The van der Waals surface area contributed by atoms with Gasteiger partial charge in [0.25, 0.3) is 12.3 Å². The molecule has 4 aromatic rings. The smallest absolute Gasteiger partial charge is 0.317 e. The number of carbonyl (C=O) groups is 1. The molecular formula is C26H23F2N3O3. The van der Waals surface area contributed by atoms with E-state index in [0.717, 1.165) is 22.3 Å². The number of aryl methyl sites for hydroxylation is 1. The van der Waals surface area contributed by atoms with Crippen LogP contribution < -0.4 is 0 Å². The second-order valence-electron chi connectivity index (χ2n) is 8.10. The van der Waals surface area contributed by atoms with Crippen LogP contribution in [-0.2, 0) is 11.3 Å². The predicted molar refractivity (Wildman–Crippen MR) is 124 cm³/mol. The first kappa shape index (κ1) is 23.3. The molecule has 0 aliphatic heterocycles. The van der Waals surface area contributed by atoms with Crippen LogP contribution in [0.3, 0.4) is 0 Å². The number of alkyl halides is 2. The van der Waals surface area contributed by atoms with E-state index in [1.807, 2.05) is 37.3 Å². The molecule has 0 radical (unpaired) electrons. The molecule has 1 heterocycles. The van der Waals surface area contributed by atoms with Crippen molar-refractivity contribution >= 4 is 5.97 Å². The Bertz CT molecular complexity index is 1300. The van der Waals surface area contributed by atoms with Gasteiger partial charge >= 0.3 is 5.97 Å². The van der Waals surface area contributed by atoms with Crippen molar-refractivity contribution in [3.05, 3.63) is 83.4 Å². The summed E-state index contributed by atoms with van der Waals surface area (Å²) in [5.74, 6) is -0.123. The Hall–Kier alpha value is -3.91. The van der Waals surface area contributed by atoms with Crippen LogP contribution in [0.4, 0.5) is 8.78 Å². The topological polar surface area (TPSA) is 79.5 Å². The summed E-state index contributed by atoms with van der Waals surface area (Å²) in [5, 5.41) is 12.9. The molecule has 1 N–H and O–H groups in total. The van der Waals surface area contributed by atoms with Crippen LogP contribution in [0.2, 0.25) is 0 Å². The third-order valence-electron chi connectivity index (χ3n) is 5.46. The SMILES string of the molecule is Cc1cc(-c2nc(-c3ccc(CN(C)CC(=O)O)cc3)no2)ccc1-c1ccccc1C(F)F. The summed E-state index contributed by atoms with van der Waals surface area (Å²) in [6.07, 6.45) is -2.56. The highest BCUT2D eigenvalue weighted by atomic mass is 19.3. The monoisotopic (exact) mass is 463 g/mol. The van der Waals surface area contributed by atoms with E-state index in [1.54, 1.807) is 42.3 Å². The Morgan fingerprint density at radius 2 is 1.74 bits per heavy atom.